The number of likely N-dealkylation sites (tertiary alicyclic amines) is 1. The third kappa shape index (κ3) is 5.54. The van der Waals surface area contributed by atoms with Gasteiger partial charge in [0.25, 0.3) is 11.7 Å². The molecule has 1 unspecified atom stereocenters. The van der Waals surface area contributed by atoms with Gasteiger partial charge in [0.2, 0.25) is 0 Å². The molecule has 1 atom stereocenters. The maximum absolute atomic E-state index is 13.1. The van der Waals surface area contributed by atoms with Gasteiger partial charge in [0.15, 0.2) is 0 Å². The zero-order valence-electron chi connectivity index (χ0n) is 19.5. The van der Waals surface area contributed by atoms with E-state index in [0.29, 0.717) is 48.8 Å². The highest BCUT2D eigenvalue weighted by molar-refractivity contribution is 6.46. The van der Waals surface area contributed by atoms with E-state index in [-0.39, 0.29) is 17.4 Å². The van der Waals surface area contributed by atoms with Gasteiger partial charge in [-0.3, -0.25) is 9.59 Å². The first-order valence-corrected chi connectivity index (χ1v) is 11.1. The van der Waals surface area contributed by atoms with Crippen molar-refractivity contribution in [1.82, 2.24) is 4.90 Å². The minimum Gasteiger partial charge on any atom is -0.507 e. The van der Waals surface area contributed by atoms with Gasteiger partial charge in [0.05, 0.1) is 31.4 Å². The molecule has 3 rings (SSSR count). The van der Waals surface area contributed by atoms with Crippen molar-refractivity contribution in [3.8, 4) is 11.5 Å². The molecule has 0 saturated carbocycles. The molecule has 0 aromatic heterocycles. The lowest BCUT2D eigenvalue weighted by atomic mass is 9.95. The van der Waals surface area contributed by atoms with Crippen LogP contribution in [0.1, 0.15) is 44.4 Å². The number of ketones is 1. The van der Waals surface area contributed by atoms with Crippen molar-refractivity contribution in [2.24, 2.45) is 0 Å². The van der Waals surface area contributed by atoms with Crippen LogP contribution in [0.2, 0.25) is 0 Å². The Morgan fingerprint density at radius 2 is 1.82 bits per heavy atom. The second kappa shape index (κ2) is 11.0. The van der Waals surface area contributed by atoms with Gasteiger partial charge < -0.3 is 24.2 Å². The van der Waals surface area contributed by atoms with E-state index in [9.17, 15) is 14.7 Å². The smallest absolute Gasteiger partial charge is 0.295 e. The van der Waals surface area contributed by atoms with E-state index in [1.54, 1.807) is 36.4 Å². The minimum atomic E-state index is -0.717. The molecule has 7 heteroatoms. The Bertz CT molecular complexity index is 1010. The number of aliphatic hydroxyl groups excluding tert-OH is 1. The van der Waals surface area contributed by atoms with Crippen LogP contribution in [0, 0.1) is 0 Å². The standard InChI is InChI=1S/C26H31NO6/c1-5-32-20-12-10-18(11-13-20)23-22(24(28)19-8-6-9-21(16-19)31-4)25(29)26(30)27(23)14-7-15-33-17(2)3/h6,8-13,16-17,23,28H,5,7,14-15H2,1-4H3. The Morgan fingerprint density at radius 3 is 2.45 bits per heavy atom. The molecule has 1 aliphatic heterocycles. The fourth-order valence-corrected chi connectivity index (χ4v) is 3.85. The van der Waals surface area contributed by atoms with Crippen LogP contribution in [0.25, 0.3) is 5.76 Å². The molecular formula is C26H31NO6. The van der Waals surface area contributed by atoms with Crippen LogP contribution < -0.4 is 9.47 Å². The van der Waals surface area contributed by atoms with Crippen molar-refractivity contribution < 1.29 is 28.9 Å². The summed E-state index contributed by atoms with van der Waals surface area (Å²) >= 11 is 0. The normalized spacial score (nSPS) is 17.6. The van der Waals surface area contributed by atoms with Crippen molar-refractivity contribution in [2.45, 2.75) is 39.3 Å². The number of Topliss-reactive ketones (excluding diaryl/α,β-unsaturated/α-hetero) is 1. The number of rotatable bonds is 10. The van der Waals surface area contributed by atoms with Crippen LogP contribution in [-0.4, -0.2) is 54.7 Å². The zero-order valence-corrected chi connectivity index (χ0v) is 19.5. The van der Waals surface area contributed by atoms with Crippen LogP contribution in [-0.2, 0) is 14.3 Å². The van der Waals surface area contributed by atoms with Gasteiger partial charge in [-0.25, -0.2) is 0 Å². The highest BCUT2D eigenvalue weighted by atomic mass is 16.5. The predicted molar refractivity (Wildman–Crippen MR) is 125 cm³/mol. The number of methoxy groups -OCH3 is 1. The lowest BCUT2D eigenvalue weighted by Gasteiger charge is -2.25. The number of hydrogen-bond acceptors (Lipinski definition) is 6. The number of aliphatic hydroxyl groups is 1. The molecule has 0 aliphatic carbocycles. The second-order valence-electron chi connectivity index (χ2n) is 8.00. The lowest BCUT2D eigenvalue weighted by Crippen LogP contribution is -2.31. The third-order valence-corrected chi connectivity index (χ3v) is 5.38. The van der Waals surface area contributed by atoms with Crippen molar-refractivity contribution in [2.75, 3.05) is 26.9 Å². The first-order valence-electron chi connectivity index (χ1n) is 11.1. The Kier molecular flexibility index (Phi) is 8.11. The van der Waals surface area contributed by atoms with Crippen molar-refractivity contribution in [1.29, 1.82) is 0 Å². The summed E-state index contributed by atoms with van der Waals surface area (Å²) in [6, 6.07) is 13.3. The van der Waals surface area contributed by atoms with E-state index in [4.69, 9.17) is 14.2 Å². The zero-order chi connectivity index (χ0) is 24.0. The molecule has 1 heterocycles. The topological polar surface area (TPSA) is 85.3 Å². The number of ether oxygens (including phenoxy) is 3. The van der Waals surface area contributed by atoms with E-state index >= 15 is 0 Å². The van der Waals surface area contributed by atoms with Crippen LogP contribution in [0.4, 0.5) is 0 Å². The molecule has 0 radical (unpaired) electrons. The van der Waals surface area contributed by atoms with Gasteiger partial charge in [0.1, 0.15) is 17.3 Å². The van der Waals surface area contributed by atoms with E-state index in [1.165, 1.54) is 12.0 Å². The molecule has 1 fully saturated rings. The third-order valence-electron chi connectivity index (χ3n) is 5.38. The molecule has 0 bridgehead atoms. The highest BCUT2D eigenvalue weighted by Gasteiger charge is 2.45. The molecule has 1 N–H and O–H groups in total. The van der Waals surface area contributed by atoms with Crippen molar-refractivity contribution >= 4 is 17.4 Å². The highest BCUT2D eigenvalue weighted by Crippen LogP contribution is 2.40. The summed E-state index contributed by atoms with van der Waals surface area (Å²) in [6.07, 6.45) is 0.646. The molecule has 0 spiro atoms. The summed E-state index contributed by atoms with van der Waals surface area (Å²) in [5.74, 6) is -0.345. The Morgan fingerprint density at radius 1 is 1.09 bits per heavy atom. The number of carbonyl (C=O) groups excluding carboxylic acids is 2. The van der Waals surface area contributed by atoms with Gasteiger partial charge >= 0.3 is 0 Å². The minimum absolute atomic E-state index is 0.0576. The quantitative estimate of drug-likeness (QED) is 0.249. The second-order valence-corrected chi connectivity index (χ2v) is 8.00. The Balaban J connectivity index is 2.03. The Labute approximate surface area is 194 Å². The van der Waals surface area contributed by atoms with Crippen molar-refractivity contribution in [3.63, 3.8) is 0 Å². The number of benzene rings is 2. The summed E-state index contributed by atoms with van der Waals surface area (Å²) in [4.78, 5) is 27.6. The van der Waals surface area contributed by atoms with Crippen LogP contribution >= 0.6 is 0 Å². The van der Waals surface area contributed by atoms with Crippen LogP contribution in [0.5, 0.6) is 11.5 Å². The number of carbonyl (C=O) groups is 2. The van der Waals surface area contributed by atoms with E-state index in [2.05, 4.69) is 0 Å². The fourth-order valence-electron chi connectivity index (χ4n) is 3.85. The maximum atomic E-state index is 13.1. The van der Waals surface area contributed by atoms with Gasteiger partial charge in [-0.05, 0) is 57.0 Å². The van der Waals surface area contributed by atoms with Crippen LogP contribution in [0.3, 0.4) is 0 Å². The van der Waals surface area contributed by atoms with Gasteiger partial charge in [-0.15, -0.1) is 0 Å². The largest absolute Gasteiger partial charge is 0.507 e. The lowest BCUT2D eigenvalue weighted by molar-refractivity contribution is -0.140. The summed E-state index contributed by atoms with van der Waals surface area (Å²) in [5.41, 5.74) is 1.18. The number of nitrogens with zero attached hydrogens (tertiary/aromatic N) is 1. The van der Waals surface area contributed by atoms with E-state index < -0.39 is 17.7 Å². The molecular weight excluding hydrogens is 422 g/mol. The summed E-state index contributed by atoms with van der Waals surface area (Å²) in [5, 5.41) is 11.1. The van der Waals surface area contributed by atoms with Crippen LogP contribution in [0.15, 0.2) is 54.1 Å². The fraction of sp³-hybridized carbons (Fsp3) is 0.385. The number of amides is 1. The molecule has 1 amide bonds. The molecule has 176 valence electrons. The number of hydrogen-bond donors (Lipinski definition) is 1. The van der Waals surface area contributed by atoms with E-state index in [0.717, 1.165) is 0 Å². The predicted octanol–water partition coefficient (Wildman–Crippen LogP) is 4.33. The Hall–Kier alpha value is -3.32. The van der Waals surface area contributed by atoms with Crippen molar-refractivity contribution in [3.05, 3.63) is 65.2 Å². The summed E-state index contributed by atoms with van der Waals surface area (Å²) in [7, 11) is 1.53. The monoisotopic (exact) mass is 453 g/mol. The SMILES string of the molecule is CCOc1ccc(C2C(=C(O)c3cccc(OC)c3)C(=O)C(=O)N2CCCOC(C)C)cc1. The van der Waals surface area contributed by atoms with E-state index in [1.807, 2.05) is 32.9 Å². The molecule has 2 aromatic carbocycles. The molecule has 7 nitrogen and oxygen atoms in total. The molecule has 33 heavy (non-hydrogen) atoms. The van der Waals surface area contributed by atoms with Gasteiger partial charge in [0, 0.05) is 18.7 Å². The molecule has 2 aromatic rings. The maximum Gasteiger partial charge on any atom is 0.295 e. The van der Waals surface area contributed by atoms with Gasteiger partial charge in [-0.2, -0.15) is 0 Å². The first kappa shape index (κ1) is 24.3. The first-order chi connectivity index (χ1) is 15.9. The average molecular weight is 454 g/mol. The molecule has 1 saturated heterocycles. The average Bonchev–Trinajstić information content (AvgIpc) is 3.07. The summed E-state index contributed by atoms with van der Waals surface area (Å²) in [6.45, 7) is 7.11. The summed E-state index contributed by atoms with van der Waals surface area (Å²) < 4.78 is 16.4. The molecule has 1 aliphatic rings. The van der Waals surface area contributed by atoms with Gasteiger partial charge in [-0.1, -0.05) is 24.3 Å².